The highest BCUT2D eigenvalue weighted by Gasteiger charge is 2.24. The molecule has 0 bridgehead atoms. The van der Waals surface area contributed by atoms with Crippen molar-refractivity contribution in [3.63, 3.8) is 0 Å². The summed E-state index contributed by atoms with van der Waals surface area (Å²) in [6.07, 6.45) is 2.88. The molecule has 0 saturated heterocycles. The minimum absolute atomic E-state index is 0.0355. The summed E-state index contributed by atoms with van der Waals surface area (Å²) in [5.41, 5.74) is 1.84. The van der Waals surface area contributed by atoms with Crippen LogP contribution in [0.3, 0.4) is 0 Å². The molecule has 6 nitrogen and oxygen atoms in total. The van der Waals surface area contributed by atoms with E-state index in [2.05, 4.69) is 15.3 Å². The highest BCUT2D eigenvalue weighted by atomic mass is 19.2. The summed E-state index contributed by atoms with van der Waals surface area (Å²) in [4.78, 5) is 23.0. The van der Waals surface area contributed by atoms with E-state index in [9.17, 15) is 23.1 Å². The maximum Gasteiger partial charge on any atom is 0.318 e. The van der Waals surface area contributed by atoms with Crippen molar-refractivity contribution in [3.05, 3.63) is 58.4 Å². The molecule has 1 aromatic carbocycles. The van der Waals surface area contributed by atoms with Crippen LogP contribution in [-0.4, -0.2) is 39.2 Å². The Morgan fingerprint density at radius 1 is 1.28 bits per heavy atom. The third-order valence-electron chi connectivity index (χ3n) is 4.97. The van der Waals surface area contributed by atoms with Gasteiger partial charge in [0, 0.05) is 25.8 Å². The number of hydrogen-bond donors (Lipinski definition) is 2. The van der Waals surface area contributed by atoms with Crippen molar-refractivity contribution in [1.82, 2.24) is 20.2 Å². The Balaban J connectivity index is 1.68. The second-order valence-electron chi connectivity index (χ2n) is 7.39. The number of carbonyl (C=O) groups excluding carboxylic acids is 1. The summed E-state index contributed by atoms with van der Waals surface area (Å²) < 4.78 is 40.0. The van der Waals surface area contributed by atoms with Crippen molar-refractivity contribution < 1.29 is 23.1 Å². The van der Waals surface area contributed by atoms with Crippen LogP contribution in [0.25, 0.3) is 0 Å². The minimum atomic E-state index is -1.54. The first kappa shape index (κ1) is 21.0. The van der Waals surface area contributed by atoms with Crippen LogP contribution >= 0.6 is 0 Å². The maximum absolute atomic E-state index is 13.4. The van der Waals surface area contributed by atoms with Crippen molar-refractivity contribution in [3.8, 4) is 0 Å². The largest absolute Gasteiger partial charge is 0.396 e. The number of urea groups is 1. The van der Waals surface area contributed by atoms with Gasteiger partial charge in [0.1, 0.15) is 5.82 Å². The topological polar surface area (TPSA) is 78.4 Å². The Morgan fingerprint density at radius 3 is 2.62 bits per heavy atom. The van der Waals surface area contributed by atoms with Gasteiger partial charge >= 0.3 is 6.03 Å². The van der Waals surface area contributed by atoms with Gasteiger partial charge in [-0.05, 0) is 42.5 Å². The van der Waals surface area contributed by atoms with E-state index >= 15 is 0 Å². The molecule has 156 valence electrons. The van der Waals surface area contributed by atoms with Crippen LogP contribution in [0.4, 0.5) is 18.0 Å². The molecule has 2 heterocycles. The number of hydrogen-bond acceptors (Lipinski definition) is 4. The zero-order valence-corrected chi connectivity index (χ0v) is 16.3. The van der Waals surface area contributed by atoms with Crippen molar-refractivity contribution in [2.24, 2.45) is 5.92 Å². The molecule has 2 N–H and O–H groups in total. The molecule has 1 aliphatic rings. The second kappa shape index (κ2) is 8.77. The highest BCUT2D eigenvalue weighted by Crippen LogP contribution is 2.21. The maximum atomic E-state index is 13.4. The standard InChI is InChI=1S/C20H23F3N4O2/c1-11(10-28)5-18-24-8-13-3-4-27(9-17(13)26-18)20(29)25-12(2)14-6-15(21)19(23)16(22)7-14/h6-8,11-12,28H,3-5,9-10H2,1-2H3,(H,25,29)/t11-,12-/m1/s1. The van der Waals surface area contributed by atoms with Crippen LogP contribution in [0.1, 0.15) is 42.5 Å². The van der Waals surface area contributed by atoms with Crippen LogP contribution in [0, 0.1) is 23.4 Å². The lowest BCUT2D eigenvalue weighted by molar-refractivity contribution is 0.188. The van der Waals surface area contributed by atoms with E-state index in [4.69, 9.17) is 0 Å². The zero-order chi connectivity index (χ0) is 21.1. The molecule has 2 amide bonds. The summed E-state index contributed by atoms with van der Waals surface area (Å²) >= 11 is 0. The van der Waals surface area contributed by atoms with E-state index in [1.54, 1.807) is 18.0 Å². The molecule has 0 radical (unpaired) electrons. The fraction of sp³-hybridized carbons (Fsp3) is 0.450. The molecule has 9 heteroatoms. The number of fused-ring (bicyclic) bond motifs is 1. The molecular formula is C20H23F3N4O2. The Labute approximate surface area is 166 Å². The van der Waals surface area contributed by atoms with Crippen molar-refractivity contribution in [2.45, 2.75) is 39.3 Å². The van der Waals surface area contributed by atoms with Crippen LogP contribution in [0.15, 0.2) is 18.3 Å². The Kier molecular flexibility index (Phi) is 6.36. The van der Waals surface area contributed by atoms with Gasteiger partial charge in [0.05, 0.1) is 18.3 Å². The van der Waals surface area contributed by atoms with E-state index in [0.29, 0.717) is 25.2 Å². The molecule has 0 saturated carbocycles. The van der Waals surface area contributed by atoms with Gasteiger partial charge in [0.2, 0.25) is 0 Å². The van der Waals surface area contributed by atoms with E-state index in [0.717, 1.165) is 23.4 Å². The third-order valence-corrected chi connectivity index (χ3v) is 4.97. The Hall–Kier alpha value is -2.68. The summed E-state index contributed by atoms with van der Waals surface area (Å²) in [5, 5.41) is 11.9. The van der Waals surface area contributed by atoms with Crippen LogP contribution in [-0.2, 0) is 19.4 Å². The molecule has 2 atom stereocenters. The first-order valence-corrected chi connectivity index (χ1v) is 9.42. The first-order valence-electron chi connectivity index (χ1n) is 9.42. The Bertz CT molecular complexity index is 886. The molecule has 0 unspecified atom stereocenters. The average Bonchev–Trinajstić information content (AvgIpc) is 2.70. The van der Waals surface area contributed by atoms with Crippen molar-refractivity contribution in [2.75, 3.05) is 13.2 Å². The molecule has 1 aliphatic heterocycles. The summed E-state index contributed by atoms with van der Waals surface area (Å²) in [6.45, 7) is 4.23. The normalized spacial score (nSPS) is 15.6. The number of halogens is 3. The molecular weight excluding hydrogens is 385 g/mol. The highest BCUT2D eigenvalue weighted by molar-refractivity contribution is 5.75. The van der Waals surface area contributed by atoms with Crippen molar-refractivity contribution >= 4 is 6.03 Å². The number of benzene rings is 1. The lowest BCUT2D eigenvalue weighted by Gasteiger charge is -2.29. The van der Waals surface area contributed by atoms with Crippen molar-refractivity contribution in [1.29, 1.82) is 0 Å². The van der Waals surface area contributed by atoms with Gasteiger partial charge in [-0.2, -0.15) is 0 Å². The first-order chi connectivity index (χ1) is 13.8. The second-order valence-corrected chi connectivity index (χ2v) is 7.39. The van der Waals surface area contributed by atoms with Gasteiger partial charge in [-0.1, -0.05) is 6.92 Å². The van der Waals surface area contributed by atoms with Gasteiger partial charge < -0.3 is 15.3 Å². The molecule has 29 heavy (non-hydrogen) atoms. The molecule has 0 aliphatic carbocycles. The molecule has 3 rings (SSSR count). The lowest BCUT2D eigenvalue weighted by Crippen LogP contribution is -2.44. The molecule has 0 spiro atoms. The van der Waals surface area contributed by atoms with Crippen LogP contribution in [0.5, 0.6) is 0 Å². The quantitative estimate of drug-likeness (QED) is 0.746. The van der Waals surface area contributed by atoms with E-state index in [-0.39, 0.29) is 24.6 Å². The number of rotatable bonds is 5. The molecule has 2 aromatic rings. The van der Waals surface area contributed by atoms with E-state index in [1.807, 2.05) is 6.92 Å². The number of nitrogens with one attached hydrogen (secondary N) is 1. The molecule has 0 fully saturated rings. The van der Waals surface area contributed by atoms with Gasteiger partial charge in [0.25, 0.3) is 0 Å². The smallest absolute Gasteiger partial charge is 0.318 e. The van der Waals surface area contributed by atoms with E-state index < -0.39 is 29.5 Å². The zero-order valence-electron chi connectivity index (χ0n) is 16.3. The number of nitrogens with zero attached hydrogens (tertiary/aromatic N) is 3. The lowest BCUT2D eigenvalue weighted by atomic mass is 10.1. The van der Waals surface area contributed by atoms with Gasteiger partial charge in [-0.25, -0.2) is 27.9 Å². The monoisotopic (exact) mass is 408 g/mol. The number of carbonyl (C=O) groups is 1. The van der Waals surface area contributed by atoms with Crippen LogP contribution in [0.2, 0.25) is 0 Å². The summed E-state index contributed by atoms with van der Waals surface area (Å²) in [6, 6.07) is 0.630. The summed E-state index contributed by atoms with van der Waals surface area (Å²) in [7, 11) is 0. The fourth-order valence-corrected chi connectivity index (χ4v) is 3.18. The third kappa shape index (κ3) is 4.84. The molecule has 1 aromatic heterocycles. The fourth-order valence-electron chi connectivity index (χ4n) is 3.18. The SMILES string of the molecule is C[C@@H](CO)Cc1ncc2c(n1)CN(C(=O)N[C@H](C)c1cc(F)c(F)c(F)c1)CC2. The number of aliphatic hydroxyl groups is 1. The van der Waals surface area contributed by atoms with Gasteiger partial charge in [0.15, 0.2) is 17.5 Å². The van der Waals surface area contributed by atoms with Crippen LogP contribution < -0.4 is 5.32 Å². The summed E-state index contributed by atoms with van der Waals surface area (Å²) in [5.74, 6) is -3.49. The van der Waals surface area contributed by atoms with E-state index in [1.165, 1.54) is 0 Å². The van der Waals surface area contributed by atoms with Gasteiger partial charge in [-0.3, -0.25) is 0 Å². The number of amides is 2. The minimum Gasteiger partial charge on any atom is -0.396 e. The average molecular weight is 408 g/mol. The predicted octanol–water partition coefficient (Wildman–Crippen LogP) is 2.89. The Morgan fingerprint density at radius 2 is 1.97 bits per heavy atom. The number of aliphatic hydroxyl groups excluding tert-OH is 1. The van der Waals surface area contributed by atoms with Gasteiger partial charge in [-0.15, -0.1) is 0 Å². The predicted molar refractivity (Wildman–Crippen MR) is 99.4 cm³/mol. The number of aromatic nitrogens is 2.